The number of nitrogens with one attached hydrogen (secondary N) is 1. The number of nitrogens with zero attached hydrogens (tertiary/aromatic N) is 3. The molecular weight excluding hydrogens is 304 g/mol. The summed E-state index contributed by atoms with van der Waals surface area (Å²) in [6, 6.07) is 8.10. The van der Waals surface area contributed by atoms with E-state index in [1.807, 2.05) is 12.1 Å². The van der Waals surface area contributed by atoms with Gasteiger partial charge in [-0.15, -0.1) is 0 Å². The van der Waals surface area contributed by atoms with Gasteiger partial charge in [0.2, 0.25) is 0 Å². The molecule has 1 saturated heterocycles. The second kappa shape index (κ2) is 5.67. The van der Waals surface area contributed by atoms with E-state index in [0.29, 0.717) is 0 Å². The summed E-state index contributed by atoms with van der Waals surface area (Å²) >= 11 is 3.58. The normalized spacial score (nSPS) is 15.5. The van der Waals surface area contributed by atoms with Crippen LogP contribution in [0.4, 0.5) is 5.82 Å². The highest BCUT2D eigenvalue weighted by atomic mass is 79.9. The highest BCUT2D eigenvalue weighted by Gasteiger charge is 2.14. The summed E-state index contributed by atoms with van der Waals surface area (Å²) in [5, 5.41) is 3.36. The summed E-state index contributed by atoms with van der Waals surface area (Å²) < 4.78 is 1.01. The predicted molar refractivity (Wildman–Crippen MR) is 80.3 cm³/mol. The average Bonchev–Trinajstić information content (AvgIpc) is 2.49. The number of pyridine rings is 2. The van der Waals surface area contributed by atoms with E-state index in [9.17, 15) is 0 Å². The molecule has 1 fully saturated rings. The highest BCUT2D eigenvalue weighted by molar-refractivity contribution is 9.10. The molecule has 0 spiro atoms. The molecule has 1 aliphatic heterocycles. The molecule has 0 aromatic carbocycles. The second-order valence-corrected chi connectivity index (χ2v) is 5.33. The molecule has 2 aromatic rings. The fourth-order valence-corrected chi connectivity index (χ4v) is 2.66. The van der Waals surface area contributed by atoms with Gasteiger partial charge in [0.25, 0.3) is 0 Å². The number of aromatic nitrogens is 2. The molecule has 2 aromatic heterocycles. The molecule has 1 N–H and O–H groups in total. The third-order valence-corrected chi connectivity index (χ3v) is 3.87. The standard InChI is InChI=1S/C14H15BrN4/c15-12-1-2-13(19-9-7-17-8-10-19)18-14(12)11-3-5-16-6-4-11/h1-6,17H,7-10H2. The fraction of sp³-hybridized carbons (Fsp3) is 0.286. The Kier molecular flexibility index (Phi) is 3.75. The van der Waals surface area contributed by atoms with Crippen molar-refractivity contribution in [3.05, 3.63) is 41.1 Å². The number of halogens is 1. The van der Waals surface area contributed by atoms with Gasteiger partial charge in [0.05, 0.1) is 5.69 Å². The van der Waals surface area contributed by atoms with E-state index in [-0.39, 0.29) is 0 Å². The highest BCUT2D eigenvalue weighted by Crippen LogP contribution is 2.28. The fourth-order valence-electron chi connectivity index (χ4n) is 2.21. The van der Waals surface area contributed by atoms with Crippen LogP contribution >= 0.6 is 15.9 Å². The molecule has 98 valence electrons. The molecule has 0 atom stereocenters. The van der Waals surface area contributed by atoms with Crippen LogP contribution in [0.5, 0.6) is 0 Å². The Labute approximate surface area is 121 Å². The van der Waals surface area contributed by atoms with E-state index in [1.165, 1.54) is 0 Å². The van der Waals surface area contributed by atoms with Gasteiger partial charge in [0.1, 0.15) is 5.82 Å². The molecule has 3 heterocycles. The lowest BCUT2D eigenvalue weighted by Gasteiger charge is -2.28. The average molecular weight is 319 g/mol. The topological polar surface area (TPSA) is 41.0 Å². The van der Waals surface area contributed by atoms with Crippen LogP contribution in [0.1, 0.15) is 0 Å². The maximum atomic E-state index is 4.79. The zero-order valence-corrected chi connectivity index (χ0v) is 12.1. The van der Waals surface area contributed by atoms with Crippen molar-refractivity contribution in [1.82, 2.24) is 15.3 Å². The molecule has 0 saturated carbocycles. The van der Waals surface area contributed by atoms with Crippen molar-refractivity contribution in [2.45, 2.75) is 0 Å². The molecule has 5 heteroatoms. The molecule has 19 heavy (non-hydrogen) atoms. The molecule has 0 bridgehead atoms. The van der Waals surface area contributed by atoms with E-state index >= 15 is 0 Å². The molecule has 0 radical (unpaired) electrons. The lowest BCUT2D eigenvalue weighted by molar-refractivity contribution is 0.585. The summed E-state index contributed by atoms with van der Waals surface area (Å²) in [4.78, 5) is 11.2. The summed E-state index contributed by atoms with van der Waals surface area (Å²) in [6.45, 7) is 4.04. The van der Waals surface area contributed by atoms with Crippen molar-refractivity contribution in [3.63, 3.8) is 0 Å². The zero-order valence-electron chi connectivity index (χ0n) is 10.5. The van der Waals surface area contributed by atoms with Gasteiger partial charge < -0.3 is 10.2 Å². The lowest BCUT2D eigenvalue weighted by Crippen LogP contribution is -2.43. The number of piperazine rings is 1. The monoisotopic (exact) mass is 318 g/mol. The van der Waals surface area contributed by atoms with Crippen molar-refractivity contribution in [3.8, 4) is 11.3 Å². The van der Waals surface area contributed by atoms with Crippen LogP contribution in [0.2, 0.25) is 0 Å². The van der Waals surface area contributed by atoms with E-state index in [4.69, 9.17) is 4.98 Å². The van der Waals surface area contributed by atoms with Gasteiger partial charge in [-0.3, -0.25) is 4.98 Å². The van der Waals surface area contributed by atoms with Crippen molar-refractivity contribution in [2.24, 2.45) is 0 Å². The summed E-state index contributed by atoms with van der Waals surface area (Å²) in [6.07, 6.45) is 3.59. The van der Waals surface area contributed by atoms with E-state index < -0.39 is 0 Å². The van der Waals surface area contributed by atoms with Gasteiger partial charge in [-0.25, -0.2) is 4.98 Å². The Bertz CT molecular complexity index is 553. The third-order valence-electron chi connectivity index (χ3n) is 3.23. The molecule has 3 rings (SSSR count). The van der Waals surface area contributed by atoms with Crippen LogP contribution < -0.4 is 10.2 Å². The van der Waals surface area contributed by atoms with Crippen LogP contribution in [0.25, 0.3) is 11.3 Å². The van der Waals surface area contributed by atoms with Gasteiger partial charge in [0, 0.05) is 48.6 Å². The number of anilines is 1. The SMILES string of the molecule is Brc1ccc(N2CCNCC2)nc1-c1ccncc1. The smallest absolute Gasteiger partial charge is 0.129 e. The Morgan fingerprint density at radius 1 is 1.05 bits per heavy atom. The van der Waals surface area contributed by atoms with Gasteiger partial charge in [-0.05, 0) is 40.2 Å². The molecule has 1 aliphatic rings. The Balaban J connectivity index is 1.96. The number of rotatable bonds is 2. The van der Waals surface area contributed by atoms with E-state index in [0.717, 1.165) is 47.7 Å². The Morgan fingerprint density at radius 2 is 1.79 bits per heavy atom. The van der Waals surface area contributed by atoms with Crippen molar-refractivity contribution in [2.75, 3.05) is 31.1 Å². The quantitative estimate of drug-likeness (QED) is 0.922. The van der Waals surface area contributed by atoms with Crippen molar-refractivity contribution in [1.29, 1.82) is 0 Å². The Morgan fingerprint density at radius 3 is 2.53 bits per heavy atom. The molecule has 0 unspecified atom stereocenters. The maximum absolute atomic E-state index is 4.79. The van der Waals surface area contributed by atoms with E-state index in [1.54, 1.807) is 12.4 Å². The largest absolute Gasteiger partial charge is 0.354 e. The first-order valence-corrected chi connectivity index (χ1v) is 7.16. The van der Waals surface area contributed by atoms with Gasteiger partial charge >= 0.3 is 0 Å². The van der Waals surface area contributed by atoms with Crippen LogP contribution in [0.15, 0.2) is 41.1 Å². The van der Waals surface area contributed by atoms with Crippen molar-refractivity contribution < 1.29 is 0 Å². The van der Waals surface area contributed by atoms with Gasteiger partial charge in [-0.1, -0.05) is 0 Å². The van der Waals surface area contributed by atoms with Crippen LogP contribution in [0, 0.1) is 0 Å². The van der Waals surface area contributed by atoms with Crippen LogP contribution in [0.3, 0.4) is 0 Å². The van der Waals surface area contributed by atoms with Gasteiger partial charge in [-0.2, -0.15) is 0 Å². The van der Waals surface area contributed by atoms with Crippen LogP contribution in [-0.2, 0) is 0 Å². The lowest BCUT2D eigenvalue weighted by atomic mass is 10.2. The molecule has 4 nitrogen and oxygen atoms in total. The molecular formula is C14H15BrN4. The second-order valence-electron chi connectivity index (χ2n) is 4.47. The van der Waals surface area contributed by atoms with Gasteiger partial charge in [0.15, 0.2) is 0 Å². The van der Waals surface area contributed by atoms with E-state index in [2.05, 4.69) is 43.3 Å². The molecule has 0 aliphatic carbocycles. The Hall–Kier alpha value is -1.46. The van der Waals surface area contributed by atoms with Crippen LogP contribution in [-0.4, -0.2) is 36.1 Å². The first-order chi connectivity index (χ1) is 9.34. The summed E-state index contributed by atoms with van der Waals surface area (Å²) in [7, 11) is 0. The first-order valence-electron chi connectivity index (χ1n) is 6.37. The minimum absolute atomic E-state index is 0.971. The summed E-state index contributed by atoms with van der Waals surface area (Å²) in [5.74, 6) is 1.04. The third kappa shape index (κ3) is 2.77. The number of hydrogen-bond acceptors (Lipinski definition) is 4. The zero-order chi connectivity index (χ0) is 13.1. The molecule has 0 amide bonds. The first kappa shape index (κ1) is 12.6. The van der Waals surface area contributed by atoms with Crippen molar-refractivity contribution >= 4 is 21.7 Å². The minimum Gasteiger partial charge on any atom is -0.354 e. The number of hydrogen-bond donors (Lipinski definition) is 1. The minimum atomic E-state index is 0.971. The summed E-state index contributed by atoms with van der Waals surface area (Å²) in [5.41, 5.74) is 2.05. The maximum Gasteiger partial charge on any atom is 0.129 e. The predicted octanol–water partition coefficient (Wildman–Crippen LogP) is 2.32.